The summed E-state index contributed by atoms with van der Waals surface area (Å²) in [6, 6.07) is 18.9. The lowest BCUT2D eigenvalue weighted by molar-refractivity contribution is -0.122. The van der Waals surface area contributed by atoms with Gasteiger partial charge in [0.1, 0.15) is 5.57 Å². The second-order valence-electron chi connectivity index (χ2n) is 6.52. The number of nitrogens with zero attached hydrogens (tertiary/aromatic N) is 2. The van der Waals surface area contributed by atoms with Gasteiger partial charge in [0.25, 0.3) is 11.8 Å². The van der Waals surface area contributed by atoms with Crippen molar-refractivity contribution in [2.24, 2.45) is 0 Å². The fourth-order valence-electron chi connectivity index (χ4n) is 3.19. The van der Waals surface area contributed by atoms with Gasteiger partial charge in [-0.1, -0.05) is 34.1 Å². The van der Waals surface area contributed by atoms with Gasteiger partial charge in [-0.2, -0.15) is 0 Å². The molecule has 2 heterocycles. The van der Waals surface area contributed by atoms with Gasteiger partial charge in [-0.3, -0.25) is 19.8 Å². The molecule has 0 saturated carbocycles. The van der Waals surface area contributed by atoms with E-state index in [0.717, 1.165) is 15.7 Å². The van der Waals surface area contributed by atoms with Gasteiger partial charge in [-0.15, -0.1) is 0 Å². The highest BCUT2D eigenvalue weighted by atomic mass is 79.9. The highest BCUT2D eigenvalue weighted by molar-refractivity contribution is 9.10. The van der Waals surface area contributed by atoms with Gasteiger partial charge >= 0.3 is 0 Å². The quantitative estimate of drug-likeness (QED) is 0.354. The number of aryl methyl sites for hydroxylation is 1. The standard InChI is InChI=1S/C22H16BrN3O2S/c1-14-5-2-3-7-19(14)26-21(28)18(20(27)24-22(26)29)13-17-6-4-12-25(17)16-10-8-15(23)9-11-16/h2-13H,1H3,(H,24,27,29). The highest BCUT2D eigenvalue weighted by Crippen LogP contribution is 2.26. The number of nitrogens with one attached hydrogen (secondary N) is 1. The van der Waals surface area contributed by atoms with Crippen LogP contribution in [0.3, 0.4) is 0 Å². The molecule has 1 N–H and O–H groups in total. The molecule has 1 aromatic heterocycles. The lowest BCUT2D eigenvalue weighted by atomic mass is 10.1. The lowest BCUT2D eigenvalue weighted by Crippen LogP contribution is -2.54. The van der Waals surface area contributed by atoms with E-state index < -0.39 is 11.8 Å². The molecule has 0 bridgehead atoms. The number of anilines is 1. The Morgan fingerprint density at radius 1 is 1.00 bits per heavy atom. The number of rotatable bonds is 3. The molecular weight excluding hydrogens is 450 g/mol. The van der Waals surface area contributed by atoms with Crippen LogP contribution in [0.4, 0.5) is 5.69 Å². The summed E-state index contributed by atoms with van der Waals surface area (Å²) in [5.74, 6) is -0.954. The van der Waals surface area contributed by atoms with E-state index in [2.05, 4.69) is 21.2 Å². The highest BCUT2D eigenvalue weighted by Gasteiger charge is 2.35. The Bertz CT molecular complexity index is 1160. The van der Waals surface area contributed by atoms with E-state index in [4.69, 9.17) is 12.2 Å². The molecule has 7 heteroatoms. The lowest BCUT2D eigenvalue weighted by Gasteiger charge is -2.30. The van der Waals surface area contributed by atoms with Crippen molar-refractivity contribution in [2.45, 2.75) is 6.92 Å². The van der Waals surface area contributed by atoms with Gasteiger partial charge in [-0.05, 0) is 73.2 Å². The van der Waals surface area contributed by atoms with Crippen molar-refractivity contribution in [1.82, 2.24) is 9.88 Å². The van der Waals surface area contributed by atoms with E-state index in [9.17, 15) is 9.59 Å². The number of halogens is 1. The van der Waals surface area contributed by atoms with Crippen molar-refractivity contribution in [3.05, 3.63) is 88.2 Å². The largest absolute Gasteiger partial charge is 0.317 e. The summed E-state index contributed by atoms with van der Waals surface area (Å²) in [5, 5.41) is 2.71. The topological polar surface area (TPSA) is 54.3 Å². The number of carbonyl (C=O) groups is 2. The van der Waals surface area contributed by atoms with Crippen LogP contribution < -0.4 is 10.2 Å². The Kier molecular flexibility index (Phi) is 5.17. The smallest absolute Gasteiger partial charge is 0.270 e. The van der Waals surface area contributed by atoms with Gasteiger partial charge in [0.2, 0.25) is 0 Å². The number of benzene rings is 2. The molecule has 1 saturated heterocycles. The first-order chi connectivity index (χ1) is 14.0. The minimum Gasteiger partial charge on any atom is -0.317 e. The Balaban J connectivity index is 1.76. The fraction of sp³-hybridized carbons (Fsp3) is 0.0455. The van der Waals surface area contributed by atoms with Gasteiger partial charge in [-0.25, -0.2) is 0 Å². The molecule has 4 rings (SSSR count). The molecule has 0 atom stereocenters. The molecule has 0 aliphatic carbocycles. The van der Waals surface area contributed by atoms with E-state index in [1.165, 1.54) is 4.90 Å². The summed E-state index contributed by atoms with van der Waals surface area (Å²) in [6.45, 7) is 1.89. The zero-order valence-electron chi connectivity index (χ0n) is 15.4. The second-order valence-corrected chi connectivity index (χ2v) is 7.83. The number of hydrogen-bond acceptors (Lipinski definition) is 3. The maximum Gasteiger partial charge on any atom is 0.270 e. The Morgan fingerprint density at radius 3 is 2.45 bits per heavy atom. The third kappa shape index (κ3) is 3.66. The molecule has 1 fully saturated rings. The Labute approximate surface area is 181 Å². The number of para-hydroxylation sites is 1. The van der Waals surface area contributed by atoms with Crippen molar-refractivity contribution >= 4 is 56.8 Å². The Hall–Kier alpha value is -3.03. The molecule has 1 aliphatic heterocycles. The monoisotopic (exact) mass is 465 g/mol. The maximum atomic E-state index is 13.2. The van der Waals surface area contributed by atoms with Crippen LogP contribution in [0.2, 0.25) is 0 Å². The summed E-state index contributed by atoms with van der Waals surface area (Å²) in [7, 11) is 0. The molecule has 5 nitrogen and oxygen atoms in total. The number of amides is 2. The van der Waals surface area contributed by atoms with Crippen LogP contribution >= 0.6 is 28.1 Å². The molecule has 3 aromatic rings. The first-order valence-electron chi connectivity index (χ1n) is 8.86. The summed E-state index contributed by atoms with van der Waals surface area (Å²) >= 11 is 8.70. The first-order valence-corrected chi connectivity index (χ1v) is 10.1. The zero-order chi connectivity index (χ0) is 20.5. The molecular formula is C22H16BrN3O2S. The Morgan fingerprint density at radius 2 is 1.72 bits per heavy atom. The zero-order valence-corrected chi connectivity index (χ0v) is 17.8. The van der Waals surface area contributed by atoms with E-state index in [1.807, 2.05) is 72.3 Å². The van der Waals surface area contributed by atoms with Crippen molar-refractivity contribution in [3.63, 3.8) is 0 Å². The van der Waals surface area contributed by atoms with E-state index in [1.54, 1.807) is 12.1 Å². The van der Waals surface area contributed by atoms with E-state index in [-0.39, 0.29) is 10.7 Å². The van der Waals surface area contributed by atoms with Crippen LogP contribution in [0, 0.1) is 6.92 Å². The number of carbonyl (C=O) groups excluding carboxylic acids is 2. The molecule has 2 amide bonds. The van der Waals surface area contributed by atoms with Crippen molar-refractivity contribution in [2.75, 3.05) is 4.90 Å². The minimum atomic E-state index is -0.506. The first kappa shape index (κ1) is 19.3. The summed E-state index contributed by atoms with van der Waals surface area (Å²) < 4.78 is 2.88. The average Bonchev–Trinajstić information content (AvgIpc) is 3.15. The van der Waals surface area contributed by atoms with Crippen LogP contribution in [-0.4, -0.2) is 21.5 Å². The third-order valence-corrected chi connectivity index (χ3v) is 5.45. The normalized spacial score (nSPS) is 15.7. The molecule has 0 radical (unpaired) electrons. The second kappa shape index (κ2) is 7.77. The minimum absolute atomic E-state index is 0.0268. The fourth-order valence-corrected chi connectivity index (χ4v) is 3.73. The maximum absolute atomic E-state index is 13.2. The van der Waals surface area contributed by atoms with Gasteiger partial charge in [0.15, 0.2) is 5.11 Å². The predicted octanol–water partition coefficient (Wildman–Crippen LogP) is 4.38. The number of thiocarbonyl (C=S) groups is 1. The van der Waals surface area contributed by atoms with Crippen molar-refractivity contribution in [1.29, 1.82) is 0 Å². The molecule has 0 spiro atoms. The van der Waals surface area contributed by atoms with Crippen LogP contribution in [0.15, 0.2) is 76.9 Å². The molecule has 29 heavy (non-hydrogen) atoms. The molecule has 2 aromatic carbocycles. The number of aromatic nitrogens is 1. The van der Waals surface area contributed by atoms with Crippen molar-refractivity contribution < 1.29 is 9.59 Å². The predicted molar refractivity (Wildman–Crippen MR) is 121 cm³/mol. The molecule has 0 unspecified atom stereocenters. The molecule has 144 valence electrons. The summed E-state index contributed by atoms with van der Waals surface area (Å²) in [5.41, 5.74) is 3.19. The average molecular weight is 466 g/mol. The van der Waals surface area contributed by atoms with E-state index >= 15 is 0 Å². The summed E-state index contributed by atoms with van der Waals surface area (Å²) in [4.78, 5) is 27.1. The van der Waals surface area contributed by atoms with Gasteiger partial charge in [0, 0.05) is 22.1 Å². The van der Waals surface area contributed by atoms with Gasteiger partial charge in [0.05, 0.1) is 5.69 Å². The summed E-state index contributed by atoms with van der Waals surface area (Å²) in [6.07, 6.45) is 3.47. The number of hydrogen-bond donors (Lipinski definition) is 1. The van der Waals surface area contributed by atoms with Crippen LogP contribution in [0.25, 0.3) is 11.8 Å². The van der Waals surface area contributed by atoms with E-state index in [0.29, 0.717) is 11.4 Å². The van der Waals surface area contributed by atoms with Crippen molar-refractivity contribution in [3.8, 4) is 5.69 Å². The third-order valence-electron chi connectivity index (χ3n) is 4.64. The van der Waals surface area contributed by atoms with Gasteiger partial charge < -0.3 is 4.57 Å². The molecule has 1 aliphatic rings. The SMILES string of the molecule is Cc1ccccc1N1C(=O)C(=Cc2cccn2-c2ccc(Br)cc2)C(=O)NC1=S. The van der Waals surface area contributed by atoms with Crippen LogP contribution in [-0.2, 0) is 9.59 Å². The van der Waals surface area contributed by atoms with Crippen LogP contribution in [0.5, 0.6) is 0 Å². The van der Waals surface area contributed by atoms with Crippen LogP contribution in [0.1, 0.15) is 11.3 Å².